The summed E-state index contributed by atoms with van der Waals surface area (Å²) in [5.41, 5.74) is -0.532. The number of ether oxygens (including phenoxy) is 1. The standard InChI is InChI=1S/C21H17ClF3N3O3S/c1-12-20(32(29,30)16-5-3-4-15(10-16)31-2)19(13-6-8-14(22)9-7-13)28-18(26-12)11-17(27-28)21(23,24)25/h3-11,19,26H,1-2H3. The Kier molecular flexibility index (Phi) is 5.46. The smallest absolute Gasteiger partial charge is 0.435 e. The number of methoxy groups -OCH3 is 1. The lowest BCUT2D eigenvalue weighted by molar-refractivity contribution is -0.141. The number of hydrogen-bond donors (Lipinski definition) is 1. The molecule has 32 heavy (non-hydrogen) atoms. The van der Waals surface area contributed by atoms with Gasteiger partial charge in [-0.3, -0.25) is 0 Å². The third-order valence-electron chi connectivity index (χ3n) is 5.03. The van der Waals surface area contributed by atoms with Crippen molar-refractivity contribution in [2.75, 3.05) is 12.4 Å². The highest BCUT2D eigenvalue weighted by Crippen LogP contribution is 2.43. The maximum Gasteiger partial charge on any atom is 0.435 e. The van der Waals surface area contributed by atoms with Crippen LogP contribution in [0.3, 0.4) is 0 Å². The van der Waals surface area contributed by atoms with Gasteiger partial charge in [-0.25, -0.2) is 13.1 Å². The predicted octanol–water partition coefficient (Wildman–Crippen LogP) is 5.28. The maximum atomic E-state index is 13.7. The number of nitrogens with one attached hydrogen (secondary N) is 1. The van der Waals surface area contributed by atoms with Crippen LogP contribution in [0.15, 0.2) is 70.1 Å². The molecule has 0 saturated carbocycles. The van der Waals surface area contributed by atoms with Gasteiger partial charge < -0.3 is 10.1 Å². The second-order valence-electron chi connectivity index (χ2n) is 7.11. The summed E-state index contributed by atoms with van der Waals surface area (Å²) in [6, 6.07) is 11.8. The van der Waals surface area contributed by atoms with E-state index in [1.165, 1.54) is 44.4 Å². The quantitative estimate of drug-likeness (QED) is 0.546. The molecule has 3 aromatic rings. The van der Waals surface area contributed by atoms with Crippen LogP contribution in [0.5, 0.6) is 5.75 Å². The summed E-state index contributed by atoms with van der Waals surface area (Å²) >= 11 is 5.97. The molecular formula is C21H17ClF3N3O3S. The van der Waals surface area contributed by atoms with Crippen LogP contribution in [0.2, 0.25) is 5.02 Å². The number of alkyl halides is 3. The fraction of sp³-hybridized carbons (Fsp3) is 0.190. The zero-order valence-electron chi connectivity index (χ0n) is 16.8. The molecule has 6 nitrogen and oxygen atoms in total. The Morgan fingerprint density at radius 1 is 1.12 bits per heavy atom. The molecule has 1 N–H and O–H groups in total. The molecule has 0 amide bonds. The molecule has 4 rings (SSSR count). The molecule has 1 aliphatic heterocycles. The summed E-state index contributed by atoms with van der Waals surface area (Å²) in [5.74, 6) is 0.356. The van der Waals surface area contributed by atoms with Crippen molar-refractivity contribution in [1.29, 1.82) is 0 Å². The van der Waals surface area contributed by atoms with E-state index < -0.39 is 27.7 Å². The van der Waals surface area contributed by atoms with Crippen molar-refractivity contribution in [1.82, 2.24) is 9.78 Å². The van der Waals surface area contributed by atoms with E-state index >= 15 is 0 Å². The molecule has 1 atom stereocenters. The molecule has 0 fully saturated rings. The molecule has 1 unspecified atom stereocenters. The third-order valence-corrected chi connectivity index (χ3v) is 7.27. The van der Waals surface area contributed by atoms with E-state index in [0.29, 0.717) is 16.3 Å². The Balaban J connectivity index is 1.95. The van der Waals surface area contributed by atoms with E-state index in [2.05, 4.69) is 10.4 Å². The predicted molar refractivity (Wildman–Crippen MR) is 113 cm³/mol. The molecule has 0 spiro atoms. The number of fused-ring (bicyclic) bond motifs is 1. The molecule has 0 saturated heterocycles. The van der Waals surface area contributed by atoms with Crippen molar-refractivity contribution in [2.45, 2.75) is 24.0 Å². The number of sulfone groups is 1. The van der Waals surface area contributed by atoms with Gasteiger partial charge in [-0.15, -0.1) is 0 Å². The lowest BCUT2D eigenvalue weighted by atomic mass is 10.0. The Hall–Kier alpha value is -2.98. The maximum absolute atomic E-state index is 13.7. The Labute approximate surface area is 187 Å². The van der Waals surface area contributed by atoms with Gasteiger partial charge in [0.05, 0.1) is 16.9 Å². The van der Waals surface area contributed by atoms with Gasteiger partial charge in [0.15, 0.2) is 5.69 Å². The van der Waals surface area contributed by atoms with Crippen molar-refractivity contribution in [3.05, 3.63) is 81.5 Å². The van der Waals surface area contributed by atoms with Gasteiger partial charge in [0.2, 0.25) is 9.84 Å². The third kappa shape index (κ3) is 3.84. The van der Waals surface area contributed by atoms with E-state index in [-0.39, 0.29) is 21.3 Å². The van der Waals surface area contributed by atoms with Gasteiger partial charge in [-0.2, -0.15) is 18.3 Å². The molecule has 11 heteroatoms. The molecule has 0 radical (unpaired) electrons. The Morgan fingerprint density at radius 2 is 1.81 bits per heavy atom. The number of rotatable bonds is 4. The first-order valence-corrected chi connectivity index (χ1v) is 11.2. The monoisotopic (exact) mass is 483 g/mol. The van der Waals surface area contributed by atoms with Gasteiger partial charge in [0.25, 0.3) is 0 Å². The summed E-state index contributed by atoms with van der Waals surface area (Å²) in [6.07, 6.45) is -4.70. The van der Waals surface area contributed by atoms with Gasteiger partial charge in [0.1, 0.15) is 17.6 Å². The van der Waals surface area contributed by atoms with Crippen molar-refractivity contribution in [3.8, 4) is 5.75 Å². The molecular weight excluding hydrogens is 467 g/mol. The Morgan fingerprint density at radius 3 is 2.44 bits per heavy atom. The van der Waals surface area contributed by atoms with E-state index in [1.807, 2.05) is 0 Å². The van der Waals surface area contributed by atoms with Gasteiger partial charge >= 0.3 is 6.18 Å². The lowest BCUT2D eigenvalue weighted by Crippen LogP contribution is -2.28. The minimum absolute atomic E-state index is 0.0272. The van der Waals surface area contributed by atoms with Gasteiger partial charge in [-0.05, 0) is 42.8 Å². The highest BCUT2D eigenvalue weighted by Gasteiger charge is 2.41. The van der Waals surface area contributed by atoms with Crippen LogP contribution in [-0.4, -0.2) is 25.3 Å². The van der Waals surface area contributed by atoms with Crippen molar-refractivity contribution < 1.29 is 26.3 Å². The normalized spacial score (nSPS) is 16.5. The van der Waals surface area contributed by atoms with E-state index in [4.69, 9.17) is 16.3 Å². The number of aromatic nitrogens is 2. The summed E-state index contributed by atoms with van der Waals surface area (Å²) in [4.78, 5) is -0.184. The second kappa shape index (κ2) is 7.86. The first-order chi connectivity index (χ1) is 15.0. The van der Waals surface area contributed by atoms with Crippen LogP contribution < -0.4 is 10.1 Å². The zero-order valence-corrected chi connectivity index (χ0v) is 18.4. The average molecular weight is 484 g/mol. The summed E-state index contributed by atoms with van der Waals surface area (Å²) in [6.45, 7) is 1.50. The fourth-order valence-corrected chi connectivity index (χ4v) is 5.47. The van der Waals surface area contributed by atoms with E-state index in [1.54, 1.807) is 18.2 Å². The van der Waals surface area contributed by atoms with Crippen LogP contribution >= 0.6 is 11.6 Å². The molecule has 1 aliphatic rings. The van der Waals surface area contributed by atoms with E-state index in [0.717, 1.165) is 10.7 Å². The molecule has 168 valence electrons. The highest BCUT2D eigenvalue weighted by molar-refractivity contribution is 7.95. The van der Waals surface area contributed by atoms with Crippen LogP contribution in [0, 0.1) is 0 Å². The number of nitrogens with zero attached hydrogens (tertiary/aromatic N) is 2. The van der Waals surface area contributed by atoms with Crippen molar-refractivity contribution >= 4 is 27.3 Å². The zero-order chi connectivity index (χ0) is 23.3. The molecule has 0 aliphatic carbocycles. The van der Waals surface area contributed by atoms with Crippen LogP contribution in [0.25, 0.3) is 0 Å². The van der Waals surface area contributed by atoms with Gasteiger partial charge in [0, 0.05) is 16.8 Å². The number of anilines is 1. The number of halogens is 4. The number of allylic oxidation sites excluding steroid dienone is 2. The highest BCUT2D eigenvalue weighted by atomic mass is 35.5. The SMILES string of the molecule is COc1cccc(S(=O)(=O)C2=C(C)Nc3cc(C(F)(F)F)nn3C2c2ccc(Cl)cc2)c1. The van der Waals surface area contributed by atoms with Crippen molar-refractivity contribution in [3.63, 3.8) is 0 Å². The molecule has 2 aromatic carbocycles. The largest absolute Gasteiger partial charge is 0.497 e. The lowest BCUT2D eigenvalue weighted by Gasteiger charge is -2.30. The molecule has 1 aromatic heterocycles. The number of hydrogen-bond acceptors (Lipinski definition) is 5. The Bertz CT molecular complexity index is 1320. The number of benzene rings is 2. The van der Waals surface area contributed by atoms with Gasteiger partial charge in [-0.1, -0.05) is 29.8 Å². The van der Waals surface area contributed by atoms with Crippen LogP contribution in [0.4, 0.5) is 19.0 Å². The van der Waals surface area contributed by atoms with Crippen LogP contribution in [0.1, 0.15) is 24.2 Å². The van der Waals surface area contributed by atoms with Crippen LogP contribution in [-0.2, 0) is 16.0 Å². The first kappa shape index (κ1) is 22.2. The second-order valence-corrected chi connectivity index (χ2v) is 9.46. The minimum atomic E-state index is -4.70. The topological polar surface area (TPSA) is 73.2 Å². The summed E-state index contributed by atoms with van der Waals surface area (Å²) in [5, 5.41) is 6.86. The van der Waals surface area contributed by atoms with E-state index in [9.17, 15) is 21.6 Å². The van der Waals surface area contributed by atoms with Crippen molar-refractivity contribution in [2.24, 2.45) is 0 Å². The molecule has 0 bridgehead atoms. The molecule has 2 heterocycles. The summed E-state index contributed by atoms with van der Waals surface area (Å²) in [7, 11) is -2.75. The first-order valence-electron chi connectivity index (χ1n) is 9.31. The average Bonchev–Trinajstić information content (AvgIpc) is 3.17. The minimum Gasteiger partial charge on any atom is -0.497 e. The summed E-state index contributed by atoms with van der Waals surface area (Å²) < 4.78 is 73.6. The fourth-order valence-electron chi connectivity index (χ4n) is 3.57.